The molecule has 5 rings (SSSR count). The first-order valence-corrected chi connectivity index (χ1v) is 12.0. The summed E-state index contributed by atoms with van der Waals surface area (Å²) in [5.41, 5.74) is 2.48. The van der Waals surface area contributed by atoms with E-state index < -0.39 is 4.92 Å². The van der Waals surface area contributed by atoms with Crippen molar-refractivity contribution in [1.82, 2.24) is 14.7 Å². The Bertz CT molecular complexity index is 889. The molecule has 4 aliphatic rings. The van der Waals surface area contributed by atoms with Gasteiger partial charge in [0.2, 0.25) is 0 Å². The lowest BCUT2D eigenvalue weighted by molar-refractivity contribution is -0.384. The molecule has 174 valence electrons. The van der Waals surface area contributed by atoms with E-state index in [0.717, 1.165) is 51.1 Å². The smallest absolute Gasteiger partial charge is 0.270 e. The minimum Gasteiger partial charge on any atom is -0.336 e. The molecule has 7 heteroatoms. The average molecular weight is 441 g/mol. The van der Waals surface area contributed by atoms with Crippen LogP contribution in [0, 0.1) is 27.4 Å². The molecule has 2 unspecified atom stereocenters. The highest BCUT2D eigenvalue weighted by molar-refractivity contribution is 5.94. The number of amides is 1. The number of fused-ring (bicyclic) bond motifs is 1. The standard InChI is InChI=1S/C25H36N4O3/c1-4-26(18-20-8-9-21-17-23(20)25(21,2)3)10-11-27-12-14-28(15-13-27)24(30)19-6-5-7-22(16-19)29(31)32/h5-8,16,21,23H,4,9-15,17-18H2,1-3H3. The number of nitro benzene ring substituents is 1. The topological polar surface area (TPSA) is 69.9 Å². The molecule has 2 atom stereocenters. The maximum atomic E-state index is 12.8. The molecule has 1 heterocycles. The molecule has 0 N–H and O–H groups in total. The zero-order valence-corrected chi connectivity index (χ0v) is 19.6. The van der Waals surface area contributed by atoms with Crippen molar-refractivity contribution in [2.45, 2.75) is 33.6 Å². The molecule has 0 radical (unpaired) electrons. The summed E-state index contributed by atoms with van der Waals surface area (Å²) < 4.78 is 0. The van der Waals surface area contributed by atoms with Crippen LogP contribution in [0.1, 0.15) is 44.0 Å². The molecule has 2 bridgehead atoms. The molecule has 1 aliphatic heterocycles. The zero-order valence-electron chi connectivity index (χ0n) is 19.6. The van der Waals surface area contributed by atoms with E-state index in [0.29, 0.717) is 24.1 Å². The summed E-state index contributed by atoms with van der Waals surface area (Å²) in [6.07, 6.45) is 5.12. The highest BCUT2D eigenvalue weighted by Crippen LogP contribution is 2.59. The van der Waals surface area contributed by atoms with Gasteiger partial charge in [0.25, 0.3) is 11.6 Å². The largest absolute Gasteiger partial charge is 0.336 e. The van der Waals surface area contributed by atoms with Crippen molar-refractivity contribution in [1.29, 1.82) is 0 Å². The Morgan fingerprint density at radius 1 is 1.25 bits per heavy atom. The maximum Gasteiger partial charge on any atom is 0.270 e. The van der Waals surface area contributed by atoms with Gasteiger partial charge in [-0.3, -0.25) is 24.7 Å². The van der Waals surface area contributed by atoms with Crippen LogP contribution in [0.25, 0.3) is 0 Å². The van der Waals surface area contributed by atoms with Gasteiger partial charge in [0.15, 0.2) is 0 Å². The highest BCUT2D eigenvalue weighted by atomic mass is 16.6. The zero-order chi connectivity index (χ0) is 22.9. The Hall–Kier alpha value is -2.25. The Morgan fingerprint density at radius 3 is 2.62 bits per heavy atom. The number of benzene rings is 1. The van der Waals surface area contributed by atoms with E-state index >= 15 is 0 Å². The lowest BCUT2D eigenvalue weighted by atomic mass is 9.49. The summed E-state index contributed by atoms with van der Waals surface area (Å²) in [5.74, 6) is 1.53. The number of nitro groups is 1. The third-order valence-electron chi connectivity index (χ3n) is 8.13. The molecule has 0 spiro atoms. The van der Waals surface area contributed by atoms with Gasteiger partial charge in [-0.25, -0.2) is 0 Å². The van der Waals surface area contributed by atoms with E-state index in [9.17, 15) is 14.9 Å². The number of hydrogen-bond acceptors (Lipinski definition) is 5. The van der Waals surface area contributed by atoms with E-state index in [2.05, 4.69) is 36.6 Å². The molecular formula is C25H36N4O3. The average Bonchev–Trinajstić information content (AvgIpc) is 2.81. The summed E-state index contributed by atoms with van der Waals surface area (Å²) >= 11 is 0. The summed E-state index contributed by atoms with van der Waals surface area (Å²) in [7, 11) is 0. The molecule has 1 aromatic rings. The van der Waals surface area contributed by atoms with Crippen molar-refractivity contribution in [3.8, 4) is 0 Å². The Kier molecular flexibility index (Phi) is 6.67. The third-order valence-corrected chi connectivity index (χ3v) is 8.13. The summed E-state index contributed by atoms with van der Waals surface area (Å²) in [6, 6.07) is 6.03. The van der Waals surface area contributed by atoms with Crippen molar-refractivity contribution in [3.63, 3.8) is 0 Å². The van der Waals surface area contributed by atoms with E-state index in [-0.39, 0.29) is 11.6 Å². The van der Waals surface area contributed by atoms with Crippen molar-refractivity contribution in [2.24, 2.45) is 17.3 Å². The number of likely N-dealkylation sites (N-methyl/N-ethyl adjacent to an activating group) is 1. The number of non-ortho nitro benzene ring substituents is 1. The minimum atomic E-state index is -0.456. The van der Waals surface area contributed by atoms with Crippen molar-refractivity contribution < 1.29 is 9.72 Å². The lowest BCUT2D eigenvalue weighted by Gasteiger charge is -2.57. The Balaban J connectivity index is 1.24. The van der Waals surface area contributed by atoms with Gasteiger partial charge in [-0.1, -0.05) is 38.5 Å². The van der Waals surface area contributed by atoms with E-state index in [1.807, 2.05) is 4.90 Å². The van der Waals surface area contributed by atoms with Gasteiger partial charge in [-0.2, -0.15) is 0 Å². The lowest BCUT2D eigenvalue weighted by Crippen LogP contribution is -2.51. The van der Waals surface area contributed by atoms with Gasteiger partial charge < -0.3 is 4.90 Å². The van der Waals surface area contributed by atoms with Gasteiger partial charge >= 0.3 is 0 Å². The van der Waals surface area contributed by atoms with Crippen LogP contribution in [0.3, 0.4) is 0 Å². The first kappa shape index (κ1) is 22.9. The number of carbonyl (C=O) groups is 1. The van der Waals surface area contributed by atoms with Gasteiger partial charge in [-0.15, -0.1) is 0 Å². The molecule has 32 heavy (non-hydrogen) atoms. The summed E-state index contributed by atoms with van der Waals surface area (Å²) in [4.78, 5) is 30.1. The number of nitrogens with zero attached hydrogens (tertiary/aromatic N) is 4. The predicted octanol–water partition coefficient (Wildman–Crippen LogP) is 3.67. The fraction of sp³-hybridized carbons (Fsp3) is 0.640. The number of piperazine rings is 1. The first-order valence-electron chi connectivity index (χ1n) is 12.0. The number of allylic oxidation sites excluding steroid dienone is 1. The van der Waals surface area contributed by atoms with Gasteiger partial charge in [0.05, 0.1) is 4.92 Å². The normalized spacial score (nSPS) is 24.8. The highest BCUT2D eigenvalue weighted by Gasteiger charge is 2.51. The molecule has 2 fully saturated rings. The fourth-order valence-corrected chi connectivity index (χ4v) is 5.66. The predicted molar refractivity (Wildman–Crippen MR) is 126 cm³/mol. The van der Waals surface area contributed by atoms with E-state index in [4.69, 9.17) is 0 Å². The number of rotatable bonds is 8. The quantitative estimate of drug-likeness (QED) is 0.350. The molecule has 3 aliphatic carbocycles. The number of carbonyl (C=O) groups excluding carboxylic acids is 1. The first-order chi connectivity index (χ1) is 15.3. The SMILES string of the molecule is CCN(CCN1CCN(C(=O)c2cccc([N+](=O)[O-])c2)CC1)CC1=CCC2CC1C2(C)C. The van der Waals surface area contributed by atoms with Gasteiger partial charge in [0, 0.05) is 63.5 Å². The molecule has 1 aromatic carbocycles. The van der Waals surface area contributed by atoms with Crippen LogP contribution in [0.4, 0.5) is 5.69 Å². The van der Waals surface area contributed by atoms with Crippen molar-refractivity contribution in [3.05, 3.63) is 51.6 Å². The van der Waals surface area contributed by atoms with Crippen LogP contribution >= 0.6 is 0 Å². The van der Waals surface area contributed by atoms with Crippen molar-refractivity contribution >= 4 is 11.6 Å². The third kappa shape index (κ3) is 4.59. The molecule has 1 saturated carbocycles. The van der Waals surface area contributed by atoms with Crippen LogP contribution in [0.2, 0.25) is 0 Å². The van der Waals surface area contributed by atoms with Crippen LogP contribution in [0.5, 0.6) is 0 Å². The second kappa shape index (κ2) is 9.32. The van der Waals surface area contributed by atoms with E-state index in [1.54, 1.807) is 17.7 Å². The number of hydrogen-bond donors (Lipinski definition) is 0. The second-order valence-electron chi connectivity index (χ2n) is 10.1. The molecule has 0 aromatic heterocycles. The van der Waals surface area contributed by atoms with Crippen LogP contribution in [-0.4, -0.2) is 77.9 Å². The second-order valence-corrected chi connectivity index (χ2v) is 10.1. The Labute approximate surface area is 191 Å². The van der Waals surface area contributed by atoms with Crippen molar-refractivity contribution in [2.75, 3.05) is 52.4 Å². The monoisotopic (exact) mass is 440 g/mol. The van der Waals surface area contributed by atoms with Gasteiger partial charge in [-0.05, 0) is 42.7 Å². The molecule has 7 nitrogen and oxygen atoms in total. The van der Waals surface area contributed by atoms with Crippen LogP contribution in [-0.2, 0) is 0 Å². The fourth-order valence-electron chi connectivity index (χ4n) is 5.66. The summed E-state index contributed by atoms with van der Waals surface area (Å²) in [6.45, 7) is 14.3. The van der Waals surface area contributed by atoms with E-state index in [1.165, 1.54) is 25.0 Å². The van der Waals surface area contributed by atoms with Crippen LogP contribution in [0.15, 0.2) is 35.9 Å². The molecule has 1 amide bonds. The summed E-state index contributed by atoms with van der Waals surface area (Å²) in [5, 5.41) is 11.0. The molecular weight excluding hydrogens is 404 g/mol. The minimum absolute atomic E-state index is 0.0389. The maximum absolute atomic E-state index is 12.8. The Morgan fingerprint density at radius 2 is 2.00 bits per heavy atom. The molecule has 1 saturated heterocycles. The van der Waals surface area contributed by atoms with Gasteiger partial charge in [0.1, 0.15) is 0 Å². The van der Waals surface area contributed by atoms with Crippen LogP contribution < -0.4 is 0 Å².